The number of thiazole rings is 1. The molecule has 1 N–H and O–H groups in total. The minimum Gasteiger partial charge on any atom is -0.302 e. The van der Waals surface area contributed by atoms with Crippen molar-refractivity contribution in [1.82, 2.24) is 4.98 Å². The average Bonchev–Trinajstić information content (AvgIpc) is 3.12. The highest BCUT2D eigenvalue weighted by atomic mass is 32.1. The summed E-state index contributed by atoms with van der Waals surface area (Å²) < 4.78 is 0. The van der Waals surface area contributed by atoms with Crippen LogP contribution in [0.1, 0.15) is 61.9 Å². The number of anilines is 1. The number of carbonyl (C=O) groups excluding carboxylic acids is 1. The zero-order valence-corrected chi connectivity index (χ0v) is 13.4. The van der Waals surface area contributed by atoms with Crippen molar-refractivity contribution in [3.05, 3.63) is 10.6 Å². The Bertz CT molecular complexity index is 515. The molecule has 3 nitrogen and oxygen atoms in total. The molecule has 3 atom stereocenters. The summed E-state index contributed by atoms with van der Waals surface area (Å²) in [7, 11) is 0. The van der Waals surface area contributed by atoms with E-state index in [9.17, 15) is 4.79 Å². The number of nitrogens with one attached hydrogen (secondary N) is 1. The number of hydrogen-bond acceptors (Lipinski definition) is 3. The Morgan fingerprint density at radius 1 is 1.19 bits per heavy atom. The molecule has 4 heteroatoms. The van der Waals surface area contributed by atoms with E-state index in [0.717, 1.165) is 29.8 Å². The van der Waals surface area contributed by atoms with Crippen molar-refractivity contribution in [3.63, 3.8) is 0 Å². The summed E-state index contributed by atoms with van der Waals surface area (Å²) in [6, 6.07) is 0. The first-order chi connectivity index (χ1) is 10.3. The Labute approximate surface area is 130 Å². The fourth-order valence-corrected chi connectivity index (χ4v) is 5.68. The SMILES string of the molecule is O=C(C[C@@H]1C[C@@H]2CC[C@@H]1C2)Nc1nc2c(s1)CCCCC2. The summed E-state index contributed by atoms with van der Waals surface area (Å²) in [6.07, 6.45) is 12.2. The largest absolute Gasteiger partial charge is 0.302 e. The molecule has 4 rings (SSSR count). The lowest BCUT2D eigenvalue weighted by Crippen LogP contribution is -2.20. The lowest BCUT2D eigenvalue weighted by molar-refractivity contribution is -0.117. The van der Waals surface area contributed by atoms with E-state index in [2.05, 4.69) is 10.3 Å². The fraction of sp³-hybridized carbons (Fsp3) is 0.765. The Hall–Kier alpha value is -0.900. The monoisotopic (exact) mass is 304 g/mol. The van der Waals surface area contributed by atoms with E-state index in [-0.39, 0.29) is 5.91 Å². The molecule has 1 aromatic heterocycles. The van der Waals surface area contributed by atoms with Crippen molar-refractivity contribution >= 4 is 22.4 Å². The van der Waals surface area contributed by atoms with Crippen LogP contribution in [0.5, 0.6) is 0 Å². The number of fused-ring (bicyclic) bond motifs is 3. The Kier molecular flexibility index (Phi) is 3.74. The molecule has 1 aromatic rings. The normalized spacial score (nSPS) is 31.0. The van der Waals surface area contributed by atoms with E-state index in [1.165, 1.54) is 55.5 Å². The predicted octanol–water partition coefficient (Wildman–Crippen LogP) is 4.18. The molecule has 2 bridgehead atoms. The van der Waals surface area contributed by atoms with Gasteiger partial charge in [-0.25, -0.2) is 4.98 Å². The van der Waals surface area contributed by atoms with Gasteiger partial charge in [-0.05, 0) is 62.7 Å². The van der Waals surface area contributed by atoms with E-state index in [1.54, 1.807) is 11.3 Å². The molecule has 3 aliphatic carbocycles. The van der Waals surface area contributed by atoms with E-state index in [1.807, 2.05) is 0 Å². The second kappa shape index (κ2) is 5.71. The van der Waals surface area contributed by atoms with Gasteiger partial charge in [0.25, 0.3) is 0 Å². The van der Waals surface area contributed by atoms with E-state index in [0.29, 0.717) is 12.3 Å². The molecule has 2 fully saturated rings. The zero-order chi connectivity index (χ0) is 14.2. The third-order valence-electron chi connectivity index (χ3n) is 5.67. The topological polar surface area (TPSA) is 42.0 Å². The predicted molar refractivity (Wildman–Crippen MR) is 85.6 cm³/mol. The third-order valence-corrected chi connectivity index (χ3v) is 6.75. The molecule has 1 heterocycles. The number of nitrogens with zero attached hydrogens (tertiary/aromatic N) is 1. The molecule has 114 valence electrons. The van der Waals surface area contributed by atoms with E-state index >= 15 is 0 Å². The van der Waals surface area contributed by atoms with Crippen molar-refractivity contribution in [2.24, 2.45) is 17.8 Å². The molecule has 1 amide bonds. The molecule has 0 unspecified atom stereocenters. The van der Waals surface area contributed by atoms with Gasteiger partial charge in [0.15, 0.2) is 5.13 Å². The number of amides is 1. The molecule has 21 heavy (non-hydrogen) atoms. The molecule has 2 saturated carbocycles. The third kappa shape index (κ3) is 2.87. The van der Waals surface area contributed by atoms with Gasteiger partial charge < -0.3 is 5.32 Å². The lowest BCUT2D eigenvalue weighted by atomic mass is 9.86. The van der Waals surface area contributed by atoms with Crippen LogP contribution in [0.4, 0.5) is 5.13 Å². The maximum absolute atomic E-state index is 12.3. The smallest absolute Gasteiger partial charge is 0.226 e. The van der Waals surface area contributed by atoms with E-state index < -0.39 is 0 Å². The van der Waals surface area contributed by atoms with Crippen molar-refractivity contribution in [2.45, 2.75) is 64.2 Å². The average molecular weight is 304 g/mol. The first kappa shape index (κ1) is 13.7. The summed E-state index contributed by atoms with van der Waals surface area (Å²) >= 11 is 1.71. The van der Waals surface area contributed by atoms with Crippen molar-refractivity contribution in [1.29, 1.82) is 0 Å². The van der Waals surface area contributed by atoms with Crippen LogP contribution in [-0.4, -0.2) is 10.9 Å². The minimum absolute atomic E-state index is 0.191. The summed E-state index contributed by atoms with van der Waals surface area (Å²) in [5.74, 6) is 2.58. The van der Waals surface area contributed by atoms with Crippen LogP contribution < -0.4 is 5.32 Å². The molecule has 0 aromatic carbocycles. The summed E-state index contributed by atoms with van der Waals surface area (Å²) in [5, 5.41) is 3.92. The number of aryl methyl sites for hydroxylation is 2. The maximum Gasteiger partial charge on any atom is 0.226 e. The van der Waals surface area contributed by atoms with E-state index in [4.69, 9.17) is 0 Å². The maximum atomic E-state index is 12.3. The highest BCUT2D eigenvalue weighted by Crippen LogP contribution is 2.49. The van der Waals surface area contributed by atoms with Gasteiger partial charge in [0.05, 0.1) is 5.69 Å². The second-order valence-electron chi connectivity index (χ2n) is 7.14. The van der Waals surface area contributed by atoms with Gasteiger partial charge in [-0.2, -0.15) is 0 Å². The van der Waals surface area contributed by atoms with Gasteiger partial charge in [-0.1, -0.05) is 12.8 Å². The molecular formula is C17H24N2OS. The zero-order valence-electron chi connectivity index (χ0n) is 12.6. The number of rotatable bonds is 3. The Balaban J connectivity index is 1.36. The molecule has 3 aliphatic rings. The standard InChI is InChI=1S/C17H24N2OS/c20-16(10-13-9-11-6-7-12(13)8-11)19-17-18-14-4-2-1-3-5-15(14)21-17/h11-13H,1-10H2,(H,18,19,20)/t11-,12-,13+/m1/s1. The Morgan fingerprint density at radius 3 is 2.90 bits per heavy atom. The number of aromatic nitrogens is 1. The highest BCUT2D eigenvalue weighted by molar-refractivity contribution is 7.15. The van der Waals surface area contributed by atoms with Crippen molar-refractivity contribution < 1.29 is 4.79 Å². The Morgan fingerprint density at radius 2 is 2.10 bits per heavy atom. The first-order valence-corrected chi connectivity index (χ1v) is 9.38. The van der Waals surface area contributed by atoms with Gasteiger partial charge >= 0.3 is 0 Å². The van der Waals surface area contributed by atoms with Crippen LogP contribution in [0.15, 0.2) is 0 Å². The van der Waals surface area contributed by atoms with Crippen molar-refractivity contribution in [2.75, 3.05) is 5.32 Å². The van der Waals surface area contributed by atoms with Gasteiger partial charge in [0, 0.05) is 11.3 Å². The molecule has 0 radical (unpaired) electrons. The number of hydrogen-bond donors (Lipinski definition) is 1. The van der Waals surface area contributed by atoms with Crippen LogP contribution in [0.2, 0.25) is 0 Å². The van der Waals surface area contributed by atoms with Crippen LogP contribution in [0, 0.1) is 17.8 Å². The summed E-state index contributed by atoms with van der Waals surface area (Å²) in [4.78, 5) is 18.3. The fourth-order valence-electron chi connectivity index (χ4n) is 4.62. The van der Waals surface area contributed by atoms with Gasteiger partial charge in [-0.15, -0.1) is 11.3 Å². The van der Waals surface area contributed by atoms with Crippen LogP contribution in [0.3, 0.4) is 0 Å². The van der Waals surface area contributed by atoms with Gasteiger partial charge in [0.1, 0.15) is 0 Å². The minimum atomic E-state index is 0.191. The molecule has 0 saturated heterocycles. The van der Waals surface area contributed by atoms with Gasteiger partial charge in [0.2, 0.25) is 5.91 Å². The quantitative estimate of drug-likeness (QED) is 0.851. The van der Waals surface area contributed by atoms with Crippen LogP contribution in [0.25, 0.3) is 0 Å². The van der Waals surface area contributed by atoms with Crippen molar-refractivity contribution in [3.8, 4) is 0 Å². The highest BCUT2D eigenvalue weighted by Gasteiger charge is 2.40. The molecule has 0 aliphatic heterocycles. The first-order valence-electron chi connectivity index (χ1n) is 8.56. The van der Waals surface area contributed by atoms with Gasteiger partial charge in [-0.3, -0.25) is 4.79 Å². The van der Waals surface area contributed by atoms with Crippen LogP contribution in [-0.2, 0) is 17.6 Å². The summed E-state index contributed by atoms with van der Waals surface area (Å²) in [6.45, 7) is 0. The van der Waals surface area contributed by atoms with Crippen LogP contribution >= 0.6 is 11.3 Å². The molecular weight excluding hydrogens is 280 g/mol. The summed E-state index contributed by atoms with van der Waals surface area (Å²) in [5.41, 5.74) is 1.24. The molecule has 0 spiro atoms. The number of carbonyl (C=O) groups is 1. The lowest BCUT2D eigenvalue weighted by Gasteiger charge is -2.20. The second-order valence-corrected chi connectivity index (χ2v) is 8.22.